The predicted molar refractivity (Wildman–Crippen MR) is 58.3 cm³/mol. The lowest BCUT2D eigenvalue weighted by Gasteiger charge is -1.93. The fraction of sp³-hybridized carbons (Fsp3) is 0.273. The van der Waals surface area contributed by atoms with E-state index < -0.39 is 5.24 Å². The zero-order chi connectivity index (χ0) is 10.4. The Morgan fingerprint density at radius 2 is 2.27 bits per heavy atom. The Morgan fingerprint density at radius 3 is 2.93 bits per heavy atom. The maximum Gasteiger partial charge on any atom is 0.254 e. The average Bonchev–Trinajstić information content (AvgIpc) is 2.96. The lowest BCUT2D eigenvalue weighted by atomic mass is 10.2. The number of hydrogen-bond donors (Lipinski definition) is 1. The third kappa shape index (κ3) is 1.43. The molecule has 0 saturated heterocycles. The van der Waals surface area contributed by atoms with Crippen molar-refractivity contribution in [1.82, 2.24) is 9.97 Å². The Labute approximate surface area is 91.5 Å². The molecule has 1 aromatic heterocycles. The summed E-state index contributed by atoms with van der Waals surface area (Å²) in [4.78, 5) is 18.8. The minimum absolute atomic E-state index is 0.450. The molecule has 1 heterocycles. The molecule has 0 unspecified atom stereocenters. The van der Waals surface area contributed by atoms with Crippen molar-refractivity contribution in [3.05, 3.63) is 29.6 Å². The fourth-order valence-corrected chi connectivity index (χ4v) is 1.91. The van der Waals surface area contributed by atoms with Gasteiger partial charge in [0.15, 0.2) is 0 Å². The molecule has 0 amide bonds. The summed E-state index contributed by atoms with van der Waals surface area (Å²) >= 11 is 5.49. The molecule has 2 aromatic rings. The second kappa shape index (κ2) is 3.07. The predicted octanol–water partition coefficient (Wildman–Crippen LogP) is 2.82. The summed E-state index contributed by atoms with van der Waals surface area (Å²) in [5.74, 6) is 1.53. The molecule has 3 nitrogen and oxygen atoms in total. The van der Waals surface area contributed by atoms with Crippen LogP contribution in [0.25, 0.3) is 11.0 Å². The van der Waals surface area contributed by atoms with Crippen LogP contribution in [0.2, 0.25) is 0 Å². The highest BCUT2D eigenvalue weighted by atomic mass is 35.5. The standard InChI is InChI=1S/C11H9ClN2O/c12-10(15)7-2-1-3-8-9(7)14-11(13-8)6-4-5-6/h1-3,6H,4-5H2,(H,13,14). The number of carbonyl (C=O) groups is 1. The topological polar surface area (TPSA) is 45.8 Å². The maximum absolute atomic E-state index is 11.2. The smallest absolute Gasteiger partial charge is 0.254 e. The minimum Gasteiger partial charge on any atom is -0.342 e. The molecule has 0 atom stereocenters. The van der Waals surface area contributed by atoms with Crippen molar-refractivity contribution in [3.63, 3.8) is 0 Å². The van der Waals surface area contributed by atoms with Gasteiger partial charge in [0.1, 0.15) is 11.3 Å². The number of carbonyl (C=O) groups excluding carboxylic acids is 1. The van der Waals surface area contributed by atoms with E-state index in [1.165, 1.54) is 12.8 Å². The molecule has 1 aromatic carbocycles. The van der Waals surface area contributed by atoms with Crippen LogP contribution in [0, 0.1) is 0 Å². The van der Waals surface area contributed by atoms with E-state index in [2.05, 4.69) is 9.97 Å². The van der Waals surface area contributed by atoms with Crippen LogP contribution in [0.15, 0.2) is 18.2 Å². The average molecular weight is 221 g/mol. The van der Waals surface area contributed by atoms with E-state index in [0.29, 0.717) is 17.0 Å². The quantitative estimate of drug-likeness (QED) is 0.791. The van der Waals surface area contributed by atoms with Gasteiger partial charge in [-0.25, -0.2) is 4.98 Å². The van der Waals surface area contributed by atoms with Gasteiger partial charge >= 0.3 is 0 Å². The van der Waals surface area contributed by atoms with E-state index in [1.54, 1.807) is 6.07 Å². The van der Waals surface area contributed by atoms with Gasteiger partial charge in [-0.3, -0.25) is 4.79 Å². The first kappa shape index (κ1) is 8.92. The molecule has 1 N–H and O–H groups in total. The molecule has 0 spiro atoms. The monoisotopic (exact) mass is 220 g/mol. The molecular weight excluding hydrogens is 212 g/mol. The molecule has 0 aliphatic heterocycles. The summed E-state index contributed by atoms with van der Waals surface area (Å²) in [7, 11) is 0. The fourth-order valence-electron chi connectivity index (χ4n) is 1.76. The second-order valence-electron chi connectivity index (χ2n) is 3.87. The molecule has 1 fully saturated rings. The first-order valence-electron chi connectivity index (χ1n) is 4.94. The van der Waals surface area contributed by atoms with Gasteiger partial charge in [0.2, 0.25) is 0 Å². The van der Waals surface area contributed by atoms with Crippen LogP contribution in [-0.2, 0) is 0 Å². The number of para-hydroxylation sites is 1. The third-order valence-electron chi connectivity index (χ3n) is 2.71. The Hall–Kier alpha value is -1.35. The largest absolute Gasteiger partial charge is 0.342 e. The van der Waals surface area contributed by atoms with Crippen molar-refractivity contribution in [2.45, 2.75) is 18.8 Å². The number of aromatic amines is 1. The molecule has 0 radical (unpaired) electrons. The highest BCUT2D eigenvalue weighted by molar-refractivity contribution is 6.68. The van der Waals surface area contributed by atoms with Gasteiger partial charge in [-0.15, -0.1) is 0 Å². The number of imidazole rings is 1. The first-order chi connectivity index (χ1) is 7.25. The van der Waals surface area contributed by atoms with Gasteiger partial charge in [0.25, 0.3) is 5.24 Å². The number of H-pyrrole nitrogens is 1. The number of nitrogens with zero attached hydrogens (tertiary/aromatic N) is 1. The van der Waals surface area contributed by atoms with Crippen molar-refractivity contribution >= 4 is 27.9 Å². The zero-order valence-electron chi connectivity index (χ0n) is 7.96. The van der Waals surface area contributed by atoms with Crippen LogP contribution in [0.5, 0.6) is 0 Å². The molecule has 1 saturated carbocycles. The van der Waals surface area contributed by atoms with Crippen molar-refractivity contribution in [1.29, 1.82) is 0 Å². The van der Waals surface area contributed by atoms with Crippen LogP contribution in [0.3, 0.4) is 0 Å². The molecular formula is C11H9ClN2O. The van der Waals surface area contributed by atoms with E-state index in [4.69, 9.17) is 11.6 Å². The van der Waals surface area contributed by atoms with Crippen LogP contribution in [0.1, 0.15) is 34.9 Å². The highest BCUT2D eigenvalue weighted by Crippen LogP contribution is 2.39. The summed E-state index contributed by atoms with van der Waals surface area (Å²) in [6.07, 6.45) is 2.37. The maximum atomic E-state index is 11.2. The number of fused-ring (bicyclic) bond motifs is 1. The zero-order valence-corrected chi connectivity index (χ0v) is 8.71. The Kier molecular flexibility index (Phi) is 1.83. The molecule has 15 heavy (non-hydrogen) atoms. The van der Waals surface area contributed by atoms with Crippen LogP contribution < -0.4 is 0 Å². The van der Waals surface area contributed by atoms with Crippen molar-refractivity contribution in [2.75, 3.05) is 0 Å². The van der Waals surface area contributed by atoms with Crippen LogP contribution >= 0.6 is 11.6 Å². The molecule has 3 rings (SSSR count). The second-order valence-corrected chi connectivity index (χ2v) is 4.22. The van der Waals surface area contributed by atoms with Crippen molar-refractivity contribution in [2.24, 2.45) is 0 Å². The first-order valence-corrected chi connectivity index (χ1v) is 5.32. The normalized spacial score (nSPS) is 15.8. The molecule has 1 aliphatic carbocycles. The SMILES string of the molecule is O=C(Cl)c1cccc2[nH]c(C3CC3)nc12. The summed E-state index contributed by atoms with van der Waals surface area (Å²) < 4.78 is 0. The summed E-state index contributed by atoms with van der Waals surface area (Å²) in [6.45, 7) is 0. The minimum atomic E-state index is -0.450. The Bertz CT molecular complexity index is 543. The molecule has 0 bridgehead atoms. The van der Waals surface area contributed by atoms with Gasteiger partial charge in [0, 0.05) is 5.92 Å². The van der Waals surface area contributed by atoms with Gasteiger partial charge < -0.3 is 4.98 Å². The number of halogens is 1. The van der Waals surface area contributed by atoms with E-state index in [-0.39, 0.29) is 0 Å². The molecule has 1 aliphatic rings. The van der Waals surface area contributed by atoms with E-state index in [1.807, 2.05) is 12.1 Å². The number of aromatic nitrogens is 2. The number of benzene rings is 1. The van der Waals surface area contributed by atoms with Crippen LogP contribution in [0.4, 0.5) is 0 Å². The summed E-state index contributed by atoms with van der Waals surface area (Å²) in [5, 5.41) is -0.450. The summed E-state index contributed by atoms with van der Waals surface area (Å²) in [6, 6.07) is 5.43. The third-order valence-corrected chi connectivity index (χ3v) is 2.91. The van der Waals surface area contributed by atoms with Gasteiger partial charge in [-0.05, 0) is 36.6 Å². The van der Waals surface area contributed by atoms with Gasteiger partial charge in [0.05, 0.1) is 11.1 Å². The summed E-state index contributed by atoms with van der Waals surface area (Å²) in [5.41, 5.74) is 2.07. The Morgan fingerprint density at radius 1 is 1.47 bits per heavy atom. The number of hydrogen-bond acceptors (Lipinski definition) is 2. The number of nitrogens with one attached hydrogen (secondary N) is 1. The molecule has 76 valence electrons. The highest BCUT2D eigenvalue weighted by Gasteiger charge is 2.27. The lowest BCUT2D eigenvalue weighted by Crippen LogP contribution is -1.89. The van der Waals surface area contributed by atoms with Crippen molar-refractivity contribution < 1.29 is 4.79 Å². The van der Waals surface area contributed by atoms with Crippen LogP contribution in [-0.4, -0.2) is 15.2 Å². The van der Waals surface area contributed by atoms with Gasteiger partial charge in [-0.2, -0.15) is 0 Å². The Balaban J connectivity index is 2.23. The molecule has 4 heteroatoms. The van der Waals surface area contributed by atoms with E-state index >= 15 is 0 Å². The van der Waals surface area contributed by atoms with Crippen molar-refractivity contribution in [3.8, 4) is 0 Å². The van der Waals surface area contributed by atoms with Gasteiger partial charge in [-0.1, -0.05) is 6.07 Å². The lowest BCUT2D eigenvalue weighted by molar-refractivity contribution is 0.108. The number of rotatable bonds is 2. The van der Waals surface area contributed by atoms with E-state index in [9.17, 15) is 4.79 Å². The van der Waals surface area contributed by atoms with E-state index in [0.717, 1.165) is 11.3 Å².